The molecule has 30 heavy (non-hydrogen) atoms. The maximum atomic E-state index is 12.9. The summed E-state index contributed by atoms with van der Waals surface area (Å²) in [4.78, 5) is 38.7. The van der Waals surface area contributed by atoms with E-state index in [9.17, 15) is 14.4 Å². The predicted molar refractivity (Wildman–Crippen MR) is 116 cm³/mol. The molecule has 0 aliphatic carbocycles. The van der Waals surface area contributed by atoms with E-state index in [2.05, 4.69) is 0 Å². The summed E-state index contributed by atoms with van der Waals surface area (Å²) < 4.78 is 5.07. The number of hydrogen-bond acceptors (Lipinski definition) is 4. The lowest BCUT2D eigenvalue weighted by molar-refractivity contribution is -0.143. The van der Waals surface area contributed by atoms with Gasteiger partial charge in [-0.25, -0.2) is 0 Å². The Morgan fingerprint density at radius 3 is 1.80 bits per heavy atom. The van der Waals surface area contributed by atoms with Crippen molar-refractivity contribution in [2.75, 3.05) is 11.5 Å². The maximum absolute atomic E-state index is 12.9. The van der Waals surface area contributed by atoms with Crippen LogP contribution in [0.1, 0.15) is 28.8 Å². The first-order valence-corrected chi connectivity index (χ1v) is 9.73. The Bertz CT molecular complexity index is 959. The highest BCUT2D eigenvalue weighted by Crippen LogP contribution is 2.26. The third-order valence-corrected chi connectivity index (χ3v) is 4.56. The van der Waals surface area contributed by atoms with E-state index in [1.165, 1.54) is 0 Å². The molecule has 0 fully saturated rings. The minimum Gasteiger partial charge on any atom is -0.457 e. The van der Waals surface area contributed by atoms with Crippen LogP contribution in [0.5, 0.6) is 0 Å². The minimum absolute atomic E-state index is 0.0264. The fraction of sp³-hybridized carbons (Fsp3) is 0.160. The Labute approximate surface area is 175 Å². The number of rotatable bonds is 8. The number of ketones is 1. The number of carbonyl (C=O) groups is 3. The lowest BCUT2D eigenvalue weighted by Crippen LogP contribution is -2.26. The molecular formula is C25H23NO4. The Kier molecular flexibility index (Phi) is 7.11. The van der Waals surface area contributed by atoms with Crippen LogP contribution in [0.4, 0.5) is 11.4 Å². The van der Waals surface area contributed by atoms with Gasteiger partial charge in [0.2, 0.25) is 5.91 Å². The van der Waals surface area contributed by atoms with Crippen molar-refractivity contribution in [1.29, 1.82) is 0 Å². The molecule has 3 aromatic carbocycles. The molecular weight excluding hydrogens is 378 g/mol. The molecule has 0 radical (unpaired) electrons. The van der Waals surface area contributed by atoms with Crippen molar-refractivity contribution in [3.63, 3.8) is 0 Å². The largest absolute Gasteiger partial charge is 0.457 e. The average Bonchev–Trinajstić information content (AvgIpc) is 2.78. The summed E-state index contributed by atoms with van der Waals surface area (Å²) in [5, 5.41) is 0. The molecule has 5 nitrogen and oxygen atoms in total. The van der Waals surface area contributed by atoms with E-state index < -0.39 is 5.97 Å². The quantitative estimate of drug-likeness (QED) is 0.399. The fourth-order valence-electron chi connectivity index (χ4n) is 2.95. The van der Waals surface area contributed by atoms with E-state index >= 15 is 0 Å². The summed E-state index contributed by atoms with van der Waals surface area (Å²) in [5.41, 5.74) is 2.97. The van der Waals surface area contributed by atoms with Crippen molar-refractivity contribution < 1.29 is 19.1 Å². The summed E-state index contributed by atoms with van der Waals surface area (Å²) in [6.45, 7) is 1.59. The molecule has 0 bridgehead atoms. The van der Waals surface area contributed by atoms with E-state index in [1.54, 1.807) is 17.0 Å². The van der Waals surface area contributed by atoms with Gasteiger partial charge in [0.05, 0.1) is 6.42 Å². The third-order valence-electron chi connectivity index (χ3n) is 4.56. The molecule has 0 aromatic heterocycles. The lowest BCUT2D eigenvalue weighted by atomic mass is 10.1. The second-order valence-electron chi connectivity index (χ2n) is 6.85. The molecule has 0 aliphatic heterocycles. The van der Waals surface area contributed by atoms with Gasteiger partial charge in [0, 0.05) is 23.4 Å². The Balaban J connectivity index is 1.58. The third kappa shape index (κ3) is 5.64. The van der Waals surface area contributed by atoms with Crippen LogP contribution in [0.3, 0.4) is 0 Å². The summed E-state index contributed by atoms with van der Waals surface area (Å²) in [6.07, 6.45) is -0.127. The Hall–Kier alpha value is -3.73. The fourth-order valence-corrected chi connectivity index (χ4v) is 2.95. The molecule has 0 N–H and O–H groups in total. The smallest absolute Gasteiger partial charge is 0.306 e. The molecule has 0 aliphatic rings. The van der Waals surface area contributed by atoms with E-state index in [-0.39, 0.29) is 31.1 Å². The summed E-state index contributed by atoms with van der Waals surface area (Å²) >= 11 is 0. The average molecular weight is 401 g/mol. The van der Waals surface area contributed by atoms with Gasteiger partial charge in [-0.05, 0) is 31.2 Å². The molecule has 0 atom stereocenters. The standard InChI is InChI=1S/C25H23NO4/c1-19-12-14-20(15-13-19)23(27)18-30-25(29)17-16-24(28)26(21-8-4-2-5-9-21)22-10-6-3-7-11-22/h2-15H,16-18H2,1H3. The molecule has 0 unspecified atom stereocenters. The highest BCUT2D eigenvalue weighted by molar-refractivity contribution is 6.01. The van der Waals surface area contributed by atoms with E-state index in [4.69, 9.17) is 4.74 Å². The lowest BCUT2D eigenvalue weighted by Gasteiger charge is -2.23. The van der Waals surface area contributed by atoms with Gasteiger partial charge in [0.1, 0.15) is 0 Å². The van der Waals surface area contributed by atoms with Crippen LogP contribution < -0.4 is 4.90 Å². The number of carbonyl (C=O) groups excluding carboxylic acids is 3. The Morgan fingerprint density at radius 2 is 1.27 bits per heavy atom. The van der Waals surface area contributed by atoms with Gasteiger partial charge >= 0.3 is 5.97 Å². The van der Waals surface area contributed by atoms with Crippen LogP contribution >= 0.6 is 0 Å². The van der Waals surface area contributed by atoms with Crippen molar-refractivity contribution in [3.8, 4) is 0 Å². The van der Waals surface area contributed by atoms with Crippen LogP contribution in [0.25, 0.3) is 0 Å². The number of hydrogen-bond donors (Lipinski definition) is 0. The van der Waals surface area contributed by atoms with Gasteiger partial charge in [-0.3, -0.25) is 19.3 Å². The number of anilines is 2. The number of Topliss-reactive ketones (excluding diaryl/α,β-unsaturated/α-hetero) is 1. The zero-order chi connectivity index (χ0) is 21.3. The number of benzene rings is 3. The van der Waals surface area contributed by atoms with E-state index in [1.807, 2.05) is 79.7 Å². The van der Waals surface area contributed by atoms with Gasteiger partial charge in [-0.2, -0.15) is 0 Å². The molecule has 0 saturated heterocycles. The first kappa shape index (κ1) is 21.0. The summed E-state index contributed by atoms with van der Waals surface area (Å²) in [5.74, 6) is -1.08. The number of amides is 1. The molecule has 0 spiro atoms. The zero-order valence-corrected chi connectivity index (χ0v) is 16.8. The molecule has 1 amide bonds. The first-order valence-electron chi connectivity index (χ1n) is 9.73. The van der Waals surface area contributed by atoms with Crippen molar-refractivity contribution in [2.45, 2.75) is 19.8 Å². The van der Waals surface area contributed by atoms with Gasteiger partial charge < -0.3 is 4.74 Å². The van der Waals surface area contributed by atoms with Crippen molar-refractivity contribution >= 4 is 29.0 Å². The first-order chi connectivity index (χ1) is 14.5. The van der Waals surface area contributed by atoms with E-state index in [0.717, 1.165) is 16.9 Å². The van der Waals surface area contributed by atoms with Gasteiger partial charge in [0.25, 0.3) is 0 Å². The molecule has 152 valence electrons. The van der Waals surface area contributed by atoms with Crippen molar-refractivity contribution in [1.82, 2.24) is 0 Å². The van der Waals surface area contributed by atoms with Crippen LogP contribution in [-0.2, 0) is 14.3 Å². The van der Waals surface area contributed by atoms with Gasteiger partial charge in [0.15, 0.2) is 12.4 Å². The highest BCUT2D eigenvalue weighted by atomic mass is 16.5. The Morgan fingerprint density at radius 1 is 0.733 bits per heavy atom. The van der Waals surface area contributed by atoms with Crippen LogP contribution in [0, 0.1) is 6.92 Å². The SMILES string of the molecule is Cc1ccc(C(=O)COC(=O)CCC(=O)N(c2ccccc2)c2ccccc2)cc1. The number of para-hydroxylation sites is 2. The number of aryl methyl sites for hydroxylation is 1. The number of ether oxygens (including phenoxy) is 1. The summed E-state index contributed by atoms with van der Waals surface area (Å²) in [7, 11) is 0. The van der Waals surface area contributed by atoms with Crippen LogP contribution in [0.15, 0.2) is 84.9 Å². The van der Waals surface area contributed by atoms with Gasteiger partial charge in [-0.1, -0.05) is 66.2 Å². The van der Waals surface area contributed by atoms with Gasteiger partial charge in [-0.15, -0.1) is 0 Å². The molecule has 0 saturated carbocycles. The topological polar surface area (TPSA) is 63.7 Å². The zero-order valence-electron chi connectivity index (χ0n) is 16.8. The second kappa shape index (κ2) is 10.2. The number of nitrogens with zero attached hydrogens (tertiary/aromatic N) is 1. The van der Waals surface area contributed by atoms with E-state index in [0.29, 0.717) is 5.56 Å². The van der Waals surface area contributed by atoms with Crippen molar-refractivity contribution in [2.24, 2.45) is 0 Å². The number of esters is 1. The van der Waals surface area contributed by atoms with Crippen LogP contribution in [-0.4, -0.2) is 24.3 Å². The monoisotopic (exact) mass is 401 g/mol. The van der Waals surface area contributed by atoms with Crippen LogP contribution in [0.2, 0.25) is 0 Å². The molecule has 3 rings (SSSR count). The molecule has 3 aromatic rings. The second-order valence-corrected chi connectivity index (χ2v) is 6.85. The minimum atomic E-state index is -0.579. The maximum Gasteiger partial charge on any atom is 0.306 e. The molecule has 5 heteroatoms. The predicted octanol–water partition coefficient (Wildman–Crippen LogP) is 4.87. The molecule has 0 heterocycles. The highest BCUT2D eigenvalue weighted by Gasteiger charge is 2.19. The van der Waals surface area contributed by atoms with Crippen molar-refractivity contribution in [3.05, 3.63) is 96.1 Å². The normalized spacial score (nSPS) is 10.3. The summed E-state index contributed by atoms with van der Waals surface area (Å²) in [6, 6.07) is 25.6.